The van der Waals surface area contributed by atoms with Crippen molar-refractivity contribution in [1.29, 1.82) is 0 Å². The number of nitrogens with one attached hydrogen (secondary N) is 1. The summed E-state index contributed by atoms with van der Waals surface area (Å²) in [4.78, 5) is 25.1. The van der Waals surface area contributed by atoms with Crippen LogP contribution in [0.2, 0.25) is 0 Å². The average molecular weight is 1100 g/mol. The molecule has 6 N–H and O–H groups in total. The number of rotatable bonds is 57. The zero-order chi connectivity index (χ0) is 56.6. The fourth-order valence-corrected chi connectivity index (χ4v) is 10.1. The zero-order valence-corrected chi connectivity index (χ0v) is 50.4. The number of hydrogen-bond acceptors (Lipinski definition) is 10. The standard InChI is InChI=1S/C67H123NO10/c1-3-5-7-9-11-13-14-15-28-32-35-39-43-47-51-55-63(72)76-56-52-48-44-40-36-33-30-27-25-23-21-19-17-16-18-20-22-24-26-29-31-34-38-42-46-50-54-62(71)68-59(60(70)53-49-45-41-37-12-10-8-6-4-2)58-77-67-66(75)65(74)64(73)61(57-69)78-67/h12,15-16,18,28,37,49,53,59-61,64-67,69-70,73-75H,3-11,13-14,17,19-27,29-36,38-48,50-52,54-58H2,1-2H3,(H,68,71)/b18-16-,28-15-,37-12+,53-49+. The summed E-state index contributed by atoms with van der Waals surface area (Å²) in [5.74, 6) is -0.201. The first-order valence-corrected chi connectivity index (χ1v) is 32.9. The Kier molecular flexibility index (Phi) is 53.3. The van der Waals surface area contributed by atoms with E-state index in [4.69, 9.17) is 14.2 Å². The van der Waals surface area contributed by atoms with Crippen molar-refractivity contribution in [2.24, 2.45) is 0 Å². The van der Waals surface area contributed by atoms with Crippen molar-refractivity contribution >= 4 is 11.9 Å². The summed E-state index contributed by atoms with van der Waals surface area (Å²) in [5, 5.41) is 54.2. The number of carbonyl (C=O) groups excluding carboxylic acids is 2. The van der Waals surface area contributed by atoms with E-state index in [1.165, 1.54) is 218 Å². The van der Waals surface area contributed by atoms with Gasteiger partial charge >= 0.3 is 5.97 Å². The molecule has 0 aromatic carbocycles. The van der Waals surface area contributed by atoms with E-state index in [1.54, 1.807) is 6.08 Å². The molecule has 0 spiro atoms. The molecule has 0 bridgehead atoms. The molecule has 1 aliphatic heterocycles. The zero-order valence-electron chi connectivity index (χ0n) is 50.4. The third-order valence-electron chi connectivity index (χ3n) is 15.4. The Labute approximate surface area is 478 Å². The van der Waals surface area contributed by atoms with Crippen LogP contribution < -0.4 is 5.32 Å². The highest BCUT2D eigenvalue weighted by Crippen LogP contribution is 2.23. The Morgan fingerprint density at radius 3 is 1.29 bits per heavy atom. The fraction of sp³-hybridized carbons (Fsp3) is 0.851. The van der Waals surface area contributed by atoms with Crippen molar-refractivity contribution in [1.82, 2.24) is 5.32 Å². The second-order valence-electron chi connectivity index (χ2n) is 22.8. The molecule has 7 atom stereocenters. The van der Waals surface area contributed by atoms with E-state index in [1.807, 2.05) is 6.08 Å². The van der Waals surface area contributed by atoms with Crippen molar-refractivity contribution in [2.45, 2.75) is 346 Å². The first-order chi connectivity index (χ1) is 38.2. The van der Waals surface area contributed by atoms with Crippen LogP contribution in [0.5, 0.6) is 0 Å². The molecule has 1 fully saturated rings. The summed E-state index contributed by atoms with van der Waals surface area (Å²) in [6.45, 7) is 4.28. The Hall–Kier alpha value is -2.38. The second kappa shape index (κ2) is 56.5. The lowest BCUT2D eigenvalue weighted by Gasteiger charge is -2.40. The van der Waals surface area contributed by atoms with Gasteiger partial charge in [-0.05, 0) is 96.3 Å². The summed E-state index contributed by atoms with van der Waals surface area (Å²) >= 11 is 0. The number of carbonyl (C=O) groups is 2. The summed E-state index contributed by atoms with van der Waals surface area (Å²) in [7, 11) is 0. The monoisotopic (exact) mass is 1100 g/mol. The lowest BCUT2D eigenvalue weighted by atomic mass is 9.99. The minimum absolute atomic E-state index is 0.00430. The summed E-state index contributed by atoms with van der Waals surface area (Å²) in [6, 6.07) is -0.828. The van der Waals surface area contributed by atoms with Gasteiger partial charge in [-0.15, -0.1) is 0 Å². The lowest BCUT2D eigenvalue weighted by Crippen LogP contribution is -2.60. The molecule has 1 aliphatic rings. The van der Waals surface area contributed by atoms with Crippen molar-refractivity contribution in [3.63, 3.8) is 0 Å². The van der Waals surface area contributed by atoms with Crippen molar-refractivity contribution in [2.75, 3.05) is 19.8 Å². The van der Waals surface area contributed by atoms with Crippen LogP contribution in [0.1, 0.15) is 303 Å². The number of ether oxygens (including phenoxy) is 3. The topological polar surface area (TPSA) is 175 Å². The number of aliphatic hydroxyl groups is 5. The molecule has 0 aromatic heterocycles. The summed E-state index contributed by atoms with van der Waals surface area (Å²) in [6.07, 6.45) is 62.5. The van der Waals surface area contributed by atoms with Gasteiger partial charge in [-0.25, -0.2) is 0 Å². The molecule has 11 nitrogen and oxygen atoms in total. The van der Waals surface area contributed by atoms with Crippen LogP contribution in [0, 0.1) is 0 Å². The quantitative estimate of drug-likeness (QED) is 0.0195. The highest BCUT2D eigenvalue weighted by Gasteiger charge is 2.44. The highest BCUT2D eigenvalue weighted by molar-refractivity contribution is 5.76. The average Bonchev–Trinajstić information content (AvgIpc) is 3.44. The van der Waals surface area contributed by atoms with Crippen molar-refractivity contribution in [3.05, 3.63) is 48.6 Å². The normalized spacial score (nSPS) is 18.8. The van der Waals surface area contributed by atoms with Crippen molar-refractivity contribution in [3.8, 4) is 0 Å². The van der Waals surface area contributed by atoms with Gasteiger partial charge in [0.1, 0.15) is 24.4 Å². The molecule has 1 amide bonds. The van der Waals surface area contributed by atoms with Gasteiger partial charge in [0.15, 0.2) is 6.29 Å². The van der Waals surface area contributed by atoms with Gasteiger partial charge in [-0.1, -0.05) is 242 Å². The van der Waals surface area contributed by atoms with Gasteiger partial charge < -0.3 is 45.1 Å². The van der Waals surface area contributed by atoms with Gasteiger partial charge in [0.2, 0.25) is 5.91 Å². The molecule has 0 aromatic rings. The van der Waals surface area contributed by atoms with E-state index in [2.05, 4.69) is 55.6 Å². The maximum atomic E-state index is 13.0. The number of allylic oxidation sites excluding steroid dienone is 7. The molecular weight excluding hydrogens is 979 g/mol. The van der Waals surface area contributed by atoms with Crippen LogP contribution in [-0.4, -0.2) is 100 Å². The molecule has 7 unspecified atom stereocenters. The number of unbranched alkanes of at least 4 members (excludes halogenated alkanes) is 37. The molecule has 0 saturated carbocycles. The molecular formula is C67H123NO10. The molecule has 456 valence electrons. The Morgan fingerprint density at radius 2 is 0.833 bits per heavy atom. The molecule has 1 saturated heterocycles. The van der Waals surface area contributed by atoms with Crippen LogP contribution in [0.15, 0.2) is 48.6 Å². The molecule has 78 heavy (non-hydrogen) atoms. The number of aliphatic hydroxyl groups excluding tert-OH is 5. The summed E-state index contributed by atoms with van der Waals surface area (Å²) < 4.78 is 16.7. The molecule has 1 heterocycles. The van der Waals surface area contributed by atoms with Crippen LogP contribution in [-0.2, 0) is 23.8 Å². The third kappa shape index (κ3) is 45.3. The number of esters is 1. The van der Waals surface area contributed by atoms with E-state index in [0.29, 0.717) is 19.4 Å². The molecule has 0 radical (unpaired) electrons. The minimum atomic E-state index is -1.58. The first-order valence-electron chi connectivity index (χ1n) is 32.9. The lowest BCUT2D eigenvalue weighted by molar-refractivity contribution is -0.302. The third-order valence-corrected chi connectivity index (χ3v) is 15.4. The van der Waals surface area contributed by atoms with E-state index in [9.17, 15) is 35.1 Å². The predicted octanol–water partition coefficient (Wildman–Crippen LogP) is 16.0. The maximum Gasteiger partial charge on any atom is 0.305 e. The van der Waals surface area contributed by atoms with Gasteiger partial charge in [-0.2, -0.15) is 0 Å². The predicted molar refractivity (Wildman–Crippen MR) is 324 cm³/mol. The Balaban J connectivity index is 1.96. The van der Waals surface area contributed by atoms with Crippen LogP contribution >= 0.6 is 0 Å². The second-order valence-corrected chi connectivity index (χ2v) is 22.8. The number of hydrogen-bond donors (Lipinski definition) is 6. The summed E-state index contributed by atoms with van der Waals surface area (Å²) in [5.41, 5.74) is 0. The largest absolute Gasteiger partial charge is 0.466 e. The smallest absolute Gasteiger partial charge is 0.305 e. The first kappa shape index (κ1) is 73.6. The number of amides is 1. The Bertz CT molecular complexity index is 1430. The van der Waals surface area contributed by atoms with Crippen LogP contribution in [0.4, 0.5) is 0 Å². The maximum absolute atomic E-state index is 13.0. The van der Waals surface area contributed by atoms with Gasteiger partial charge in [0, 0.05) is 12.8 Å². The van der Waals surface area contributed by atoms with Gasteiger partial charge in [-0.3, -0.25) is 9.59 Å². The van der Waals surface area contributed by atoms with E-state index >= 15 is 0 Å². The SMILES string of the molecule is CCCCC/C=C/CC/C=C/C(O)C(COC1OC(CO)C(O)C(O)C1O)NC(=O)CCCCCCCCCCCC/C=C\CCCCCCCCCCCCCCOC(=O)CCCCCCC/C=C\CCCCCCCC. The fourth-order valence-electron chi connectivity index (χ4n) is 10.1. The molecule has 0 aliphatic carbocycles. The van der Waals surface area contributed by atoms with Crippen molar-refractivity contribution < 1.29 is 49.3 Å². The molecule has 11 heteroatoms. The van der Waals surface area contributed by atoms with E-state index in [-0.39, 0.29) is 18.5 Å². The van der Waals surface area contributed by atoms with E-state index in [0.717, 1.165) is 57.8 Å². The van der Waals surface area contributed by atoms with Crippen LogP contribution in [0.25, 0.3) is 0 Å². The molecule has 1 rings (SSSR count). The van der Waals surface area contributed by atoms with Crippen LogP contribution in [0.3, 0.4) is 0 Å². The minimum Gasteiger partial charge on any atom is -0.466 e. The van der Waals surface area contributed by atoms with Gasteiger partial charge in [0.25, 0.3) is 0 Å². The highest BCUT2D eigenvalue weighted by atomic mass is 16.7. The Morgan fingerprint density at radius 1 is 0.462 bits per heavy atom. The van der Waals surface area contributed by atoms with E-state index < -0.39 is 49.5 Å². The van der Waals surface area contributed by atoms with Gasteiger partial charge in [0.05, 0.1) is 32.0 Å².